The van der Waals surface area contributed by atoms with Crippen LogP contribution in [-0.4, -0.2) is 39.5 Å². The number of hydrogen-bond donors (Lipinski definition) is 0. The van der Waals surface area contributed by atoms with Crippen LogP contribution in [-0.2, 0) is 11.3 Å². The summed E-state index contributed by atoms with van der Waals surface area (Å²) in [5, 5.41) is 4.10. The molecule has 0 aliphatic carbocycles. The topological polar surface area (TPSA) is 59.2 Å². The number of rotatable bonds is 6. The molecule has 2 heterocycles. The van der Waals surface area contributed by atoms with Crippen molar-refractivity contribution in [1.29, 1.82) is 0 Å². The van der Waals surface area contributed by atoms with E-state index in [9.17, 15) is 4.79 Å². The van der Waals surface area contributed by atoms with E-state index in [4.69, 9.17) is 4.52 Å². The third-order valence-corrected chi connectivity index (χ3v) is 4.92. The van der Waals surface area contributed by atoms with E-state index in [0.717, 1.165) is 11.3 Å². The number of likely N-dealkylation sites (tertiary alicyclic amines) is 1. The monoisotopic (exact) mass is 331 g/mol. The first kappa shape index (κ1) is 16.1. The van der Waals surface area contributed by atoms with Gasteiger partial charge in [0.1, 0.15) is 0 Å². The SMILES string of the molecule is CSCC(C)c1nc(C2CC(=O)N(Cc3ccccc3)C2)no1. The van der Waals surface area contributed by atoms with Crippen LogP contribution < -0.4 is 0 Å². The molecule has 6 heteroatoms. The number of hydrogen-bond acceptors (Lipinski definition) is 5. The van der Waals surface area contributed by atoms with E-state index in [-0.39, 0.29) is 17.7 Å². The normalized spacial score (nSPS) is 19.3. The number of thioether (sulfide) groups is 1. The van der Waals surface area contributed by atoms with Crippen molar-refractivity contribution in [3.8, 4) is 0 Å². The van der Waals surface area contributed by atoms with Gasteiger partial charge in [0.25, 0.3) is 0 Å². The number of carbonyl (C=O) groups is 1. The molecule has 1 aliphatic rings. The molecule has 2 aromatic rings. The molecule has 5 nitrogen and oxygen atoms in total. The average molecular weight is 331 g/mol. The molecule has 2 unspecified atom stereocenters. The maximum Gasteiger partial charge on any atom is 0.230 e. The van der Waals surface area contributed by atoms with Gasteiger partial charge in [0, 0.05) is 37.1 Å². The van der Waals surface area contributed by atoms with Crippen LogP contribution >= 0.6 is 11.8 Å². The van der Waals surface area contributed by atoms with Crippen molar-refractivity contribution in [2.24, 2.45) is 0 Å². The Hall–Kier alpha value is -1.82. The number of nitrogens with zero attached hydrogens (tertiary/aromatic N) is 3. The Labute approximate surface area is 140 Å². The summed E-state index contributed by atoms with van der Waals surface area (Å²) in [6.45, 7) is 3.38. The molecule has 1 aromatic carbocycles. The number of aromatic nitrogens is 2. The summed E-state index contributed by atoms with van der Waals surface area (Å²) in [4.78, 5) is 18.6. The van der Waals surface area contributed by atoms with Gasteiger partial charge in [-0.2, -0.15) is 16.7 Å². The summed E-state index contributed by atoms with van der Waals surface area (Å²) in [6, 6.07) is 10.0. The highest BCUT2D eigenvalue weighted by Gasteiger charge is 2.33. The first-order valence-corrected chi connectivity index (χ1v) is 9.21. The highest BCUT2D eigenvalue weighted by atomic mass is 32.2. The first-order chi connectivity index (χ1) is 11.2. The van der Waals surface area contributed by atoms with Crippen molar-refractivity contribution in [3.63, 3.8) is 0 Å². The Kier molecular flexibility index (Phi) is 5.00. The average Bonchev–Trinajstić information content (AvgIpc) is 3.16. The molecule has 1 saturated heterocycles. The molecular weight excluding hydrogens is 310 g/mol. The second-order valence-electron chi connectivity index (χ2n) is 6.01. The van der Waals surface area contributed by atoms with Gasteiger partial charge in [-0.05, 0) is 11.8 Å². The first-order valence-electron chi connectivity index (χ1n) is 7.81. The Balaban J connectivity index is 1.65. The van der Waals surface area contributed by atoms with Crippen LogP contribution in [0, 0.1) is 0 Å². The van der Waals surface area contributed by atoms with Crippen LogP contribution in [0.15, 0.2) is 34.9 Å². The minimum Gasteiger partial charge on any atom is -0.339 e. The largest absolute Gasteiger partial charge is 0.339 e. The summed E-state index contributed by atoms with van der Waals surface area (Å²) in [5.74, 6) is 2.71. The van der Waals surface area contributed by atoms with E-state index >= 15 is 0 Å². The van der Waals surface area contributed by atoms with E-state index in [1.807, 2.05) is 35.2 Å². The molecule has 1 aromatic heterocycles. The fraction of sp³-hybridized carbons (Fsp3) is 0.471. The third kappa shape index (κ3) is 3.75. The van der Waals surface area contributed by atoms with Crippen molar-refractivity contribution >= 4 is 17.7 Å². The number of amides is 1. The summed E-state index contributed by atoms with van der Waals surface area (Å²) in [6.07, 6.45) is 2.52. The van der Waals surface area contributed by atoms with Gasteiger partial charge >= 0.3 is 0 Å². The van der Waals surface area contributed by atoms with Crippen molar-refractivity contribution in [2.75, 3.05) is 18.6 Å². The molecule has 0 N–H and O–H groups in total. The van der Waals surface area contributed by atoms with Gasteiger partial charge in [-0.25, -0.2) is 0 Å². The van der Waals surface area contributed by atoms with Gasteiger partial charge in [-0.3, -0.25) is 4.79 Å². The molecule has 1 aliphatic heterocycles. The molecule has 0 bridgehead atoms. The van der Waals surface area contributed by atoms with E-state index in [1.165, 1.54) is 0 Å². The van der Waals surface area contributed by atoms with Crippen LogP contribution in [0.1, 0.15) is 42.5 Å². The van der Waals surface area contributed by atoms with Crippen molar-refractivity contribution in [2.45, 2.75) is 31.7 Å². The predicted octanol–water partition coefficient (Wildman–Crippen LogP) is 3.05. The van der Waals surface area contributed by atoms with E-state index in [0.29, 0.717) is 31.2 Å². The van der Waals surface area contributed by atoms with Crippen molar-refractivity contribution < 1.29 is 9.32 Å². The molecule has 1 fully saturated rings. The van der Waals surface area contributed by atoms with Gasteiger partial charge < -0.3 is 9.42 Å². The summed E-state index contributed by atoms with van der Waals surface area (Å²) in [5.41, 5.74) is 1.14. The molecule has 1 amide bonds. The Bertz CT molecular complexity index is 659. The lowest BCUT2D eigenvalue weighted by Crippen LogP contribution is -2.24. The van der Waals surface area contributed by atoms with Gasteiger partial charge in [0.05, 0.1) is 0 Å². The fourth-order valence-corrected chi connectivity index (χ4v) is 3.48. The zero-order chi connectivity index (χ0) is 16.2. The maximum atomic E-state index is 12.2. The highest BCUT2D eigenvalue weighted by Crippen LogP contribution is 2.28. The summed E-state index contributed by atoms with van der Waals surface area (Å²) in [7, 11) is 0. The van der Waals surface area contributed by atoms with Gasteiger partial charge in [-0.15, -0.1) is 0 Å². The lowest BCUT2D eigenvalue weighted by Gasteiger charge is -2.15. The lowest BCUT2D eigenvalue weighted by molar-refractivity contribution is -0.128. The molecular formula is C17H21N3O2S. The van der Waals surface area contributed by atoms with Gasteiger partial charge in [-0.1, -0.05) is 42.4 Å². The molecule has 0 spiro atoms. The fourth-order valence-electron chi connectivity index (χ4n) is 2.84. The van der Waals surface area contributed by atoms with Crippen LogP contribution in [0.25, 0.3) is 0 Å². The third-order valence-electron chi connectivity index (χ3n) is 4.09. The van der Waals surface area contributed by atoms with Gasteiger partial charge in [0.15, 0.2) is 5.82 Å². The van der Waals surface area contributed by atoms with Crippen molar-refractivity contribution in [1.82, 2.24) is 15.0 Å². The quantitative estimate of drug-likeness (QED) is 0.814. The summed E-state index contributed by atoms with van der Waals surface area (Å²) >= 11 is 1.76. The minimum absolute atomic E-state index is 0.0326. The molecule has 0 radical (unpaired) electrons. The Morgan fingerprint density at radius 1 is 1.39 bits per heavy atom. The molecule has 2 atom stereocenters. The molecule has 122 valence electrons. The molecule has 0 saturated carbocycles. The molecule has 23 heavy (non-hydrogen) atoms. The minimum atomic E-state index is 0.0326. The van der Waals surface area contributed by atoms with E-state index in [2.05, 4.69) is 23.3 Å². The van der Waals surface area contributed by atoms with Crippen LogP contribution in [0.2, 0.25) is 0 Å². The number of benzene rings is 1. The second-order valence-corrected chi connectivity index (χ2v) is 6.92. The predicted molar refractivity (Wildman–Crippen MR) is 90.3 cm³/mol. The maximum absolute atomic E-state index is 12.2. The lowest BCUT2D eigenvalue weighted by atomic mass is 10.1. The van der Waals surface area contributed by atoms with Crippen LogP contribution in [0.4, 0.5) is 0 Å². The highest BCUT2D eigenvalue weighted by molar-refractivity contribution is 7.98. The van der Waals surface area contributed by atoms with Crippen molar-refractivity contribution in [3.05, 3.63) is 47.6 Å². The van der Waals surface area contributed by atoms with E-state index in [1.54, 1.807) is 11.8 Å². The standard InChI is InChI=1S/C17H21N3O2S/c1-12(11-23-2)17-18-16(19-22-17)14-8-15(21)20(10-14)9-13-6-4-3-5-7-13/h3-7,12,14H,8-11H2,1-2H3. The Morgan fingerprint density at radius 2 is 2.17 bits per heavy atom. The summed E-state index contributed by atoms with van der Waals surface area (Å²) < 4.78 is 5.38. The second kappa shape index (κ2) is 7.17. The smallest absolute Gasteiger partial charge is 0.230 e. The zero-order valence-corrected chi connectivity index (χ0v) is 14.3. The molecule has 3 rings (SSSR count). The van der Waals surface area contributed by atoms with Crippen LogP contribution in [0.3, 0.4) is 0 Å². The zero-order valence-electron chi connectivity index (χ0n) is 13.4. The van der Waals surface area contributed by atoms with E-state index < -0.39 is 0 Å². The number of carbonyl (C=O) groups excluding carboxylic acids is 1. The Morgan fingerprint density at radius 3 is 2.91 bits per heavy atom. The van der Waals surface area contributed by atoms with Gasteiger partial charge in [0.2, 0.25) is 11.8 Å². The van der Waals surface area contributed by atoms with Crippen LogP contribution in [0.5, 0.6) is 0 Å².